The Hall–Kier alpha value is -5.90. The molecule has 2 aromatic heterocycles. The van der Waals surface area contributed by atoms with Gasteiger partial charge in [-0.1, -0.05) is 115 Å². The molecule has 0 saturated carbocycles. The van der Waals surface area contributed by atoms with Crippen LogP contribution in [-0.4, -0.2) is 0 Å². The monoisotopic (exact) mass is 617 g/mol. The maximum Gasteiger partial charge on any atom is 0.144 e. The van der Waals surface area contributed by atoms with E-state index in [1.807, 2.05) is 11.3 Å². The van der Waals surface area contributed by atoms with Gasteiger partial charge in [0.15, 0.2) is 0 Å². The second-order valence-corrected chi connectivity index (χ2v) is 13.2. The highest BCUT2D eigenvalue weighted by atomic mass is 32.1. The van der Waals surface area contributed by atoms with Crippen molar-refractivity contribution in [3.05, 3.63) is 164 Å². The van der Waals surface area contributed by atoms with Crippen LogP contribution in [0.3, 0.4) is 0 Å². The van der Waals surface area contributed by atoms with Crippen molar-refractivity contribution in [1.29, 1.82) is 0 Å². The first-order valence-electron chi connectivity index (χ1n) is 15.9. The lowest BCUT2D eigenvalue weighted by molar-refractivity contribution is 0.673. The molecule has 0 fully saturated rings. The van der Waals surface area contributed by atoms with E-state index < -0.39 is 0 Å². The van der Waals surface area contributed by atoms with Gasteiger partial charge >= 0.3 is 0 Å². The smallest absolute Gasteiger partial charge is 0.144 e. The van der Waals surface area contributed by atoms with Gasteiger partial charge in [-0.25, -0.2) is 0 Å². The molecule has 0 aliphatic carbocycles. The minimum absolute atomic E-state index is 0.922. The zero-order chi connectivity index (χ0) is 30.9. The topological polar surface area (TPSA) is 16.4 Å². The van der Waals surface area contributed by atoms with Crippen molar-refractivity contribution < 1.29 is 4.42 Å². The van der Waals surface area contributed by atoms with Crippen LogP contribution in [0.25, 0.3) is 74.8 Å². The molecule has 0 bridgehead atoms. The number of benzene rings is 8. The fourth-order valence-electron chi connectivity index (χ4n) is 7.32. The fourth-order valence-corrected chi connectivity index (χ4v) is 8.44. The molecule has 47 heavy (non-hydrogen) atoms. The van der Waals surface area contributed by atoms with E-state index in [2.05, 4.69) is 169 Å². The molecule has 8 aromatic carbocycles. The first kappa shape index (κ1) is 26.3. The molecule has 0 N–H and O–H groups in total. The first-order valence-corrected chi connectivity index (χ1v) is 16.7. The maximum atomic E-state index is 6.81. The zero-order valence-electron chi connectivity index (χ0n) is 25.4. The molecule has 0 radical (unpaired) electrons. The summed E-state index contributed by atoms with van der Waals surface area (Å²) in [6, 6.07) is 58.9. The minimum atomic E-state index is 0.922. The molecular weight excluding hydrogens is 591 g/mol. The van der Waals surface area contributed by atoms with Crippen LogP contribution in [0.2, 0.25) is 0 Å². The SMILES string of the molecule is c1ccc(-c2ccc(N(c3cccc4ccccc34)c3cccc4sc5ccc6c(oc7ccc8ccccc8c76)c5c34)cc2)cc1. The number of thiophene rings is 1. The number of nitrogens with zero attached hydrogens (tertiary/aromatic N) is 1. The number of anilines is 3. The van der Waals surface area contributed by atoms with Crippen molar-refractivity contribution >= 4 is 92.1 Å². The van der Waals surface area contributed by atoms with Crippen LogP contribution in [0.15, 0.2) is 168 Å². The fraction of sp³-hybridized carbons (Fsp3) is 0. The summed E-state index contributed by atoms with van der Waals surface area (Å²) in [6.45, 7) is 0. The van der Waals surface area contributed by atoms with Crippen LogP contribution in [0.1, 0.15) is 0 Å². The second-order valence-electron chi connectivity index (χ2n) is 12.1. The van der Waals surface area contributed by atoms with E-state index in [0.29, 0.717) is 0 Å². The Morgan fingerprint density at radius 2 is 1.06 bits per heavy atom. The molecule has 0 saturated heterocycles. The molecule has 10 aromatic rings. The predicted octanol–water partition coefficient (Wildman–Crippen LogP) is 13.4. The van der Waals surface area contributed by atoms with Gasteiger partial charge in [0.2, 0.25) is 0 Å². The van der Waals surface area contributed by atoms with E-state index >= 15 is 0 Å². The van der Waals surface area contributed by atoms with Gasteiger partial charge in [-0.3, -0.25) is 0 Å². The molecule has 0 unspecified atom stereocenters. The summed E-state index contributed by atoms with van der Waals surface area (Å²) in [6.07, 6.45) is 0. The van der Waals surface area contributed by atoms with E-state index in [1.54, 1.807) is 0 Å². The molecule has 3 heteroatoms. The lowest BCUT2D eigenvalue weighted by atomic mass is 10.0. The van der Waals surface area contributed by atoms with Gasteiger partial charge in [-0.15, -0.1) is 11.3 Å². The van der Waals surface area contributed by atoms with Gasteiger partial charge in [-0.2, -0.15) is 0 Å². The van der Waals surface area contributed by atoms with E-state index in [-0.39, 0.29) is 0 Å². The van der Waals surface area contributed by atoms with Gasteiger partial charge in [0, 0.05) is 42.0 Å². The van der Waals surface area contributed by atoms with Crippen molar-refractivity contribution in [3.63, 3.8) is 0 Å². The van der Waals surface area contributed by atoms with E-state index in [1.165, 1.54) is 58.2 Å². The number of furan rings is 1. The van der Waals surface area contributed by atoms with Gasteiger partial charge in [0.25, 0.3) is 0 Å². The number of hydrogen-bond acceptors (Lipinski definition) is 3. The molecule has 0 aliphatic rings. The zero-order valence-corrected chi connectivity index (χ0v) is 26.2. The van der Waals surface area contributed by atoms with Crippen LogP contribution in [-0.2, 0) is 0 Å². The van der Waals surface area contributed by atoms with Crippen LogP contribution in [0, 0.1) is 0 Å². The highest BCUT2D eigenvalue weighted by Gasteiger charge is 2.23. The van der Waals surface area contributed by atoms with Crippen molar-refractivity contribution in [1.82, 2.24) is 0 Å². The molecule has 220 valence electrons. The highest BCUT2D eigenvalue weighted by Crippen LogP contribution is 2.49. The summed E-state index contributed by atoms with van der Waals surface area (Å²) in [5, 5.41) is 9.58. The summed E-state index contributed by atoms with van der Waals surface area (Å²) in [5.41, 5.74) is 7.66. The number of fused-ring (bicyclic) bond motifs is 10. The van der Waals surface area contributed by atoms with Crippen LogP contribution < -0.4 is 4.90 Å². The summed E-state index contributed by atoms with van der Waals surface area (Å²) >= 11 is 1.83. The molecule has 0 atom stereocenters. The number of rotatable bonds is 4. The Balaban J connectivity index is 1.29. The third-order valence-corrected chi connectivity index (χ3v) is 10.6. The first-order chi connectivity index (χ1) is 23.3. The largest absolute Gasteiger partial charge is 0.455 e. The second kappa shape index (κ2) is 10.3. The molecular formula is C44H27NOS. The predicted molar refractivity (Wildman–Crippen MR) is 202 cm³/mol. The Kier molecular flexibility index (Phi) is 5.78. The summed E-state index contributed by atoms with van der Waals surface area (Å²) in [4.78, 5) is 2.43. The molecule has 0 aliphatic heterocycles. The maximum absolute atomic E-state index is 6.81. The van der Waals surface area contributed by atoms with Gasteiger partial charge < -0.3 is 9.32 Å². The average Bonchev–Trinajstić information content (AvgIpc) is 3.72. The van der Waals surface area contributed by atoms with Gasteiger partial charge in [0.1, 0.15) is 11.2 Å². The summed E-state index contributed by atoms with van der Waals surface area (Å²) < 4.78 is 9.27. The Morgan fingerprint density at radius 1 is 0.404 bits per heavy atom. The van der Waals surface area contributed by atoms with Crippen LogP contribution in [0.5, 0.6) is 0 Å². The molecule has 0 amide bonds. The van der Waals surface area contributed by atoms with Gasteiger partial charge in [-0.05, 0) is 75.8 Å². The van der Waals surface area contributed by atoms with Crippen molar-refractivity contribution in [3.8, 4) is 11.1 Å². The molecule has 2 heterocycles. The Labute approximate surface area is 275 Å². The molecule has 2 nitrogen and oxygen atoms in total. The third kappa shape index (κ3) is 4.04. The lowest BCUT2D eigenvalue weighted by Gasteiger charge is -2.28. The van der Waals surface area contributed by atoms with Crippen molar-refractivity contribution in [2.45, 2.75) is 0 Å². The van der Waals surface area contributed by atoms with E-state index in [0.717, 1.165) is 33.6 Å². The number of hydrogen-bond donors (Lipinski definition) is 0. The summed E-state index contributed by atoms with van der Waals surface area (Å²) in [5.74, 6) is 0. The van der Waals surface area contributed by atoms with Crippen molar-refractivity contribution in [2.75, 3.05) is 4.90 Å². The molecule has 0 spiro atoms. The third-order valence-electron chi connectivity index (χ3n) is 9.45. The van der Waals surface area contributed by atoms with E-state index in [4.69, 9.17) is 4.42 Å². The van der Waals surface area contributed by atoms with Crippen LogP contribution in [0.4, 0.5) is 17.1 Å². The van der Waals surface area contributed by atoms with Gasteiger partial charge in [0.05, 0.1) is 11.4 Å². The summed E-state index contributed by atoms with van der Waals surface area (Å²) in [7, 11) is 0. The quantitative estimate of drug-likeness (QED) is 0.195. The average molecular weight is 618 g/mol. The minimum Gasteiger partial charge on any atom is -0.455 e. The normalized spacial score (nSPS) is 11.8. The molecule has 10 rings (SSSR count). The Morgan fingerprint density at radius 3 is 1.91 bits per heavy atom. The lowest BCUT2D eigenvalue weighted by Crippen LogP contribution is -2.10. The van der Waals surface area contributed by atoms with E-state index in [9.17, 15) is 0 Å². The highest BCUT2D eigenvalue weighted by molar-refractivity contribution is 7.26. The Bertz CT molecular complexity index is 2790. The standard InChI is InChI=1S/C44H27NOS/c1-2-10-28(11-3-1)29-20-23-32(24-21-29)45(36-17-8-14-30-12-4-6-15-33(30)36)37-18-9-19-39-42(37)43-40(47-39)27-25-35-41-34-16-7-5-13-31(34)22-26-38(41)46-44(35)43/h1-27H. The van der Waals surface area contributed by atoms with Crippen LogP contribution >= 0.6 is 11.3 Å². The van der Waals surface area contributed by atoms with Crippen molar-refractivity contribution in [2.24, 2.45) is 0 Å².